The van der Waals surface area contributed by atoms with Crippen molar-refractivity contribution in [2.24, 2.45) is 7.05 Å². The summed E-state index contributed by atoms with van der Waals surface area (Å²) in [5.74, 6) is 0.300. The minimum absolute atomic E-state index is 0.0165. The lowest BCUT2D eigenvalue weighted by atomic mass is 10.00. The first-order valence-electron chi connectivity index (χ1n) is 7.83. The van der Waals surface area contributed by atoms with Crippen molar-refractivity contribution in [1.29, 1.82) is 0 Å². The second-order valence-electron chi connectivity index (χ2n) is 6.14. The van der Waals surface area contributed by atoms with Crippen LogP contribution < -0.4 is 5.32 Å². The van der Waals surface area contributed by atoms with Crippen molar-refractivity contribution in [2.45, 2.75) is 25.9 Å². The Labute approximate surface area is 136 Å². The number of nitrogens with zero attached hydrogens (tertiary/aromatic N) is 3. The molecule has 5 nitrogen and oxygen atoms in total. The van der Waals surface area contributed by atoms with Crippen LogP contribution in [0.25, 0.3) is 0 Å². The number of anilines is 1. The van der Waals surface area contributed by atoms with Gasteiger partial charge in [0.25, 0.3) is 5.91 Å². The van der Waals surface area contributed by atoms with E-state index in [0.29, 0.717) is 12.1 Å². The molecule has 0 unspecified atom stereocenters. The Kier molecular flexibility index (Phi) is 3.94. The van der Waals surface area contributed by atoms with Crippen molar-refractivity contribution in [3.05, 3.63) is 59.9 Å². The fraction of sp³-hybridized carbons (Fsp3) is 0.333. The van der Waals surface area contributed by atoms with Crippen molar-refractivity contribution in [1.82, 2.24) is 14.7 Å². The highest BCUT2D eigenvalue weighted by atomic mass is 16.2. The summed E-state index contributed by atoms with van der Waals surface area (Å²) in [6.45, 7) is 8.50. The van der Waals surface area contributed by atoms with Gasteiger partial charge in [0.15, 0.2) is 0 Å². The van der Waals surface area contributed by atoms with E-state index in [2.05, 4.69) is 30.8 Å². The summed E-state index contributed by atoms with van der Waals surface area (Å²) in [7, 11) is 1.91. The number of benzene rings is 1. The van der Waals surface area contributed by atoms with Gasteiger partial charge in [-0.1, -0.05) is 32.1 Å². The van der Waals surface area contributed by atoms with Crippen LogP contribution in [0.3, 0.4) is 0 Å². The molecular weight excluding hydrogens is 288 g/mol. The number of carbonyl (C=O) groups excluding carboxylic acids is 1. The van der Waals surface area contributed by atoms with E-state index in [4.69, 9.17) is 0 Å². The number of aryl methyl sites for hydroxylation is 1. The van der Waals surface area contributed by atoms with Crippen LogP contribution >= 0.6 is 0 Å². The lowest BCUT2D eigenvalue weighted by Crippen LogP contribution is -2.43. The van der Waals surface area contributed by atoms with Crippen molar-refractivity contribution < 1.29 is 4.79 Å². The monoisotopic (exact) mass is 310 g/mol. The molecule has 1 amide bonds. The van der Waals surface area contributed by atoms with E-state index in [-0.39, 0.29) is 18.0 Å². The highest BCUT2D eigenvalue weighted by Crippen LogP contribution is 2.35. The molecule has 23 heavy (non-hydrogen) atoms. The first-order chi connectivity index (χ1) is 11.0. The fourth-order valence-electron chi connectivity index (χ4n) is 3.05. The topological polar surface area (TPSA) is 50.2 Å². The standard InChI is InChI=1S/C18H22N4O/c1-5-10-22-17(14-11-21(4)20-16(14)12(2)3)19-15-9-7-6-8-13(15)18(22)23/h5-9,11-12,17,19H,1,10H2,2-4H3/t17-/m1/s1. The van der Waals surface area contributed by atoms with Gasteiger partial charge in [0.2, 0.25) is 0 Å². The maximum absolute atomic E-state index is 12.9. The van der Waals surface area contributed by atoms with Crippen LogP contribution in [0.1, 0.15) is 47.5 Å². The third kappa shape index (κ3) is 2.63. The quantitative estimate of drug-likeness (QED) is 0.882. The molecule has 120 valence electrons. The van der Waals surface area contributed by atoms with E-state index < -0.39 is 0 Å². The first-order valence-corrected chi connectivity index (χ1v) is 7.83. The third-order valence-corrected chi connectivity index (χ3v) is 4.08. The van der Waals surface area contributed by atoms with Crippen LogP contribution in [0.15, 0.2) is 43.1 Å². The molecule has 1 aromatic heterocycles. The van der Waals surface area contributed by atoms with Gasteiger partial charge >= 0.3 is 0 Å². The molecule has 0 saturated carbocycles. The van der Waals surface area contributed by atoms with E-state index in [1.807, 2.05) is 42.2 Å². The van der Waals surface area contributed by atoms with Crippen LogP contribution in [0.4, 0.5) is 5.69 Å². The Morgan fingerprint density at radius 3 is 2.83 bits per heavy atom. The van der Waals surface area contributed by atoms with Gasteiger partial charge in [-0.05, 0) is 18.1 Å². The molecule has 0 radical (unpaired) electrons. The van der Waals surface area contributed by atoms with Gasteiger partial charge < -0.3 is 10.2 Å². The fourth-order valence-corrected chi connectivity index (χ4v) is 3.05. The Balaban J connectivity index is 2.10. The molecule has 0 bridgehead atoms. The van der Waals surface area contributed by atoms with Crippen molar-refractivity contribution in [3.8, 4) is 0 Å². The van der Waals surface area contributed by atoms with E-state index in [1.165, 1.54) is 0 Å². The van der Waals surface area contributed by atoms with E-state index >= 15 is 0 Å². The van der Waals surface area contributed by atoms with Gasteiger partial charge in [-0.2, -0.15) is 5.10 Å². The highest BCUT2D eigenvalue weighted by molar-refractivity contribution is 6.01. The maximum Gasteiger partial charge on any atom is 0.258 e. The Morgan fingerprint density at radius 2 is 2.13 bits per heavy atom. The molecule has 1 N–H and O–H groups in total. The van der Waals surface area contributed by atoms with Crippen molar-refractivity contribution >= 4 is 11.6 Å². The molecule has 1 aliphatic heterocycles. The second-order valence-corrected chi connectivity index (χ2v) is 6.14. The molecule has 0 saturated heterocycles. The smallest absolute Gasteiger partial charge is 0.258 e. The Morgan fingerprint density at radius 1 is 1.39 bits per heavy atom. The molecule has 0 spiro atoms. The van der Waals surface area contributed by atoms with E-state index in [0.717, 1.165) is 16.9 Å². The van der Waals surface area contributed by atoms with Crippen LogP contribution in [0.5, 0.6) is 0 Å². The Hall–Kier alpha value is -2.56. The number of aromatic nitrogens is 2. The summed E-state index contributed by atoms with van der Waals surface area (Å²) in [6, 6.07) is 7.61. The van der Waals surface area contributed by atoms with E-state index in [9.17, 15) is 4.79 Å². The molecular formula is C18H22N4O. The van der Waals surface area contributed by atoms with Crippen molar-refractivity contribution in [2.75, 3.05) is 11.9 Å². The first kappa shape index (κ1) is 15.3. The number of hydrogen-bond donors (Lipinski definition) is 1. The number of carbonyl (C=O) groups is 1. The van der Waals surface area contributed by atoms with Crippen molar-refractivity contribution in [3.63, 3.8) is 0 Å². The van der Waals surface area contributed by atoms with Gasteiger partial charge in [-0.15, -0.1) is 6.58 Å². The zero-order valence-electron chi connectivity index (χ0n) is 13.8. The molecule has 0 fully saturated rings. The summed E-state index contributed by atoms with van der Waals surface area (Å²) in [4.78, 5) is 14.7. The summed E-state index contributed by atoms with van der Waals surface area (Å²) >= 11 is 0. The third-order valence-electron chi connectivity index (χ3n) is 4.08. The zero-order chi connectivity index (χ0) is 16.6. The van der Waals surface area contributed by atoms with Gasteiger partial charge in [0.1, 0.15) is 6.17 Å². The average Bonchev–Trinajstić information content (AvgIpc) is 2.92. The molecule has 2 aromatic rings. The molecule has 1 aromatic carbocycles. The lowest BCUT2D eigenvalue weighted by Gasteiger charge is -2.37. The van der Waals surface area contributed by atoms with Crippen LogP contribution in [-0.2, 0) is 7.05 Å². The summed E-state index contributed by atoms with van der Waals surface area (Å²) < 4.78 is 1.81. The molecule has 1 atom stereocenters. The molecule has 2 heterocycles. The number of para-hydroxylation sites is 1. The van der Waals surface area contributed by atoms with Crippen LogP contribution in [0.2, 0.25) is 0 Å². The number of hydrogen-bond acceptors (Lipinski definition) is 3. The number of nitrogens with one attached hydrogen (secondary N) is 1. The number of rotatable bonds is 4. The molecule has 3 rings (SSSR count). The largest absolute Gasteiger partial charge is 0.361 e. The van der Waals surface area contributed by atoms with E-state index in [1.54, 1.807) is 11.0 Å². The number of amides is 1. The van der Waals surface area contributed by atoms with Crippen LogP contribution in [-0.4, -0.2) is 27.1 Å². The zero-order valence-corrected chi connectivity index (χ0v) is 13.8. The molecule has 0 aliphatic carbocycles. The summed E-state index contributed by atoms with van der Waals surface area (Å²) in [6.07, 6.45) is 3.51. The number of fused-ring (bicyclic) bond motifs is 1. The predicted octanol–water partition coefficient (Wildman–Crippen LogP) is 3.30. The Bertz CT molecular complexity index is 747. The van der Waals surface area contributed by atoms with Crippen LogP contribution in [0, 0.1) is 0 Å². The van der Waals surface area contributed by atoms with Gasteiger partial charge in [0, 0.05) is 31.0 Å². The minimum Gasteiger partial charge on any atom is -0.361 e. The van der Waals surface area contributed by atoms with Gasteiger partial charge in [0.05, 0.1) is 11.3 Å². The lowest BCUT2D eigenvalue weighted by molar-refractivity contribution is 0.0706. The minimum atomic E-state index is -0.235. The SMILES string of the molecule is C=CCN1C(=O)c2ccccc2N[C@H]1c1cn(C)nc1C(C)C. The summed E-state index contributed by atoms with van der Waals surface area (Å²) in [5, 5.41) is 8.06. The maximum atomic E-state index is 12.9. The predicted molar refractivity (Wildman–Crippen MR) is 91.3 cm³/mol. The normalized spacial score (nSPS) is 17.1. The summed E-state index contributed by atoms with van der Waals surface area (Å²) in [5.41, 5.74) is 3.60. The highest BCUT2D eigenvalue weighted by Gasteiger charge is 2.34. The average molecular weight is 310 g/mol. The molecule has 5 heteroatoms. The molecule has 1 aliphatic rings. The van der Waals surface area contributed by atoms with Gasteiger partial charge in [-0.3, -0.25) is 9.48 Å². The second kappa shape index (κ2) is 5.91. The van der Waals surface area contributed by atoms with Gasteiger partial charge in [-0.25, -0.2) is 0 Å².